The molecule has 1 N–H and O–H groups in total. The van der Waals surface area contributed by atoms with Crippen LogP contribution in [0.1, 0.15) is 18.5 Å². The molecule has 1 aromatic heterocycles. The van der Waals surface area contributed by atoms with Crippen molar-refractivity contribution in [1.29, 1.82) is 0 Å². The van der Waals surface area contributed by atoms with E-state index in [1.165, 1.54) is 0 Å². The van der Waals surface area contributed by atoms with Crippen LogP contribution in [-0.4, -0.2) is 65.4 Å². The molecule has 7 nitrogen and oxygen atoms in total. The van der Waals surface area contributed by atoms with Crippen molar-refractivity contribution in [2.75, 3.05) is 33.5 Å². The molecule has 0 atom stereocenters. The molecular weight excluding hydrogens is 366 g/mol. The third-order valence-electron chi connectivity index (χ3n) is 5.12. The predicted molar refractivity (Wildman–Crippen MR) is 102 cm³/mol. The lowest BCUT2D eigenvalue weighted by atomic mass is 10.0. The first-order valence-electron chi connectivity index (χ1n) is 9.07. The van der Waals surface area contributed by atoms with Crippen molar-refractivity contribution in [3.05, 3.63) is 29.3 Å². The van der Waals surface area contributed by atoms with Gasteiger partial charge < -0.3 is 14.6 Å². The first kappa shape index (κ1) is 18.2. The van der Waals surface area contributed by atoms with Crippen LogP contribution in [0.25, 0.3) is 10.6 Å². The number of carbonyl (C=O) groups is 1. The molecule has 0 unspecified atom stereocenters. The number of likely N-dealkylation sites (N-methyl/N-ethyl adjacent to an activating group) is 1. The van der Waals surface area contributed by atoms with Crippen LogP contribution in [0.15, 0.2) is 23.6 Å². The van der Waals surface area contributed by atoms with E-state index in [0.29, 0.717) is 6.04 Å². The number of rotatable bonds is 6. The Balaban J connectivity index is 1.33. The first-order valence-corrected chi connectivity index (χ1v) is 9.95. The third-order valence-corrected chi connectivity index (χ3v) is 6.06. The Hall–Kier alpha value is -2.16. The van der Waals surface area contributed by atoms with E-state index in [-0.39, 0.29) is 13.3 Å². The Morgan fingerprint density at radius 2 is 2.11 bits per heavy atom. The van der Waals surface area contributed by atoms with Gasteiger partial charge in [-0.1, -0.05) is 0 Å². The van der Waals surface area contributed by atoms with Crippen LogP contribution >= 0.6 is 11.3 Å². The highest BCUT2D eigenvalue weighted by atomic mass is 32.1. The lowest BCUT2D eigenvalue weighted by molar-refractivity contribution is -0.138. The number of hydrogen-bond donors (Lipinski definition) is 1. The summed E-state index contributed by atoms with van der Waals surface area (Å²) in [5.74, 6) is 0.793. The zero-order valence-corrected chi connectivity index (χ0v) is 16.1. The number of aliphatic carboxylic acids is 1. The third kappa shape index (κ3) is 4.23. The second-order valence-electron chi connectivity index (χ2n) is 7.03. The van der Waals surface area contributed by atoms with Crippen molar-refractivity contribution in [3.63, 3.8) is 0 Å². The van der Waals surface area contributed by atoms with Gasteiger partial charge in [0.2, 0.25) is 6.79 Å². The Morgan fingerprint density at radius 1 is 1.33 bits per heavy atom. The highest BCUT2D eigenvalue weighted by Crippen LogP contribution is 2.36. The maximum atomic E-state index is 10.9. The van der Waals surface area contributed by atoms with Gasteiger partial charge in [-0.05, 0) is 38.1 Å². The van der Waals surface area contributed by atoms with E-state index in [2.05, 4.69) is 10.3 Å². The molecule has 0 aliphatic carbocycles. The fraction of sp³-hybridized carbons (Fsp3) is 0.474. The van der Waals surface area contributed by atoms with E-state index in [9.17, 15) is 4.79 Å². The molecule has 1 saturated heterocycles. The molecule has 4 rings (SSSR count). The van der Waals surface area contributed by atoms with Crippen LogP contribution in [0.2, 0.25) is 0 Å². The van der Waals surface area contributed by atoms with Gasteiger partial charge in [-0.15, -0.1) is 11.3 Å². The maximum absolute atomic E-state index is 10.9. The molecule has 0 spiro atoms. The minimum Gasteiger partial charge on any atom is -0.480 e. The number of benzene rings is 1. The van der Waals surface area contributed by atoms with Crippen molar-refractivity contribution in [2.24, 2.45) is 0 Å². The quantitative estimate of drug-likeness (QED) is 0.814. The van der Waals surface area contributed by atoms with E-state index >= 15 is 0 Å². The minimum atomic E-state index is -0.765. The fourth-order valence-corrected chi connectivity index (χ4v) is 4.44. The minimum absolute atomic E-state index is 0.107. The molecule has 144 valence electrons. The fourth-order valence-electron chi connectivity index (χ4n) is 3.63. The average Bonchev–Trinajstić information content (AvgIpc) is 3.30. The van der Waals surface area contributed by atoms with Crippen LogP contribution in [0.4, 0.5) is 0 Å². The Kier molecular flexibility index (Phi) is 5.29. The number of carboxylic acids is 1. The Bertz CT molecular complexity index is 817. The second kappa shape index (κ2) is 7.84. The SMILES string of the molecule is CN(CC(=O)O)C1CCN(Cc2csc(-c3ccc4c(c3)OCO4)n2)CC1. The van der Waals surface area contributed by atoms with Crippen LogP contribution in [0, 0.1) is 0 Å². The number of ether oxygens (including phenoxy) is 2. The van der Waals surface area contributed by atoms with Crippen LogP contribution in [0.5, 0.6) is 11.5 Å². The Labute approximate surface area is 162 Å². The summed E-state index contributed by atoms with van der Waals surface area (Å²) in [5, 5.41) is 12.0. The van der Waals surface area contributed by atoms with Gasteiger partial charge in [0, 0.05) is 36.6 Å². The van der Waals surface area contributed by atoms with Crippen molar-refractivity contribution in [1.82, 2.24) is 14.8 Å². The van der Waals surface area contributed by atoms with E-state index < -0.39 is 5.97 Å². The lowest BCUT2D eigenvalue weighted by Gasteiger charge is -2.35. The molecule has 3 heterocycles. The molecule has 0 bridgehead atoms. The van der Waals surface area contributed by atoms with Gasteiger partial charge in [-0.2, -0.15) is 0 Å². The second-order valence-corrected chi connectivity index (χ2v) is 7.89. The van der Waals surface area contributed by atoms with Crippen molar-refractivity contribution in [3.8, 4) is 22.1 Å². The topological polar surface area (TPSA) is 75.1 Å². The molecule has 0 amide bonds. The summed E-state index contributed by atoms with van der Waals surface area (Å²) in [5.41, 5.74) is 2.12. The van der Waals surface area contributed by atoms with E-state index in [1.54, 1.807) is 11.3 Å². The number of piperidine rings is 1. The monoisotopic (exact) mass is 389 g/mol. The number of hydrogen-bond acceptors (Lipinski definition) is 7. The van der Waals surface area contributed by atoms with Gasteiger partial charge in [-0.25, -0.2) is 4.98 Å². The first-order chi connectivity index (χ1) is 13.1. The largest absolute Gasteiger partial charge is 0.480 e. The van der Waals surface area contributed by atoms with Crippen molar-refractivity contribution < 1.29 is 19.4 Å². The van der Waals surface area contributed by atoms with Gasteiger partial charge in [0.1, 0.15) is 5.01 Å². The molecular formula is C19H23N3O4S. The van der Waals surface area contributed by atoms with Gasteiger partial charge in [0.05, 0.1) is 12.2 Å². The number of carboxylic acid groups (broad SMARTS) is 1. The van der Waals surface area contributed by atoms with E-state index in [4.69, 9.17) is 19.6 Å². The summed E-state index contributed by atoms with van der Waals surface area (Å²) in [6, 6.07) is 6.27. The summed E-state index contributed by atoms with van der Waals surface area (Å²) in [6.45, 7) is 3.14. The number of likely N-dealkylation sites (tertiary alicyclic amines) is 1. The summed E-state index contributed by atoms with van der Waals surface area (Å²) in [7, 11) is 1.90. The normalized spacial score (nSPS) is 17.6. The van der Waals surface area contributed by atoms with Gasteiger partial charge in [0.25, 0.3) is 0 Å². The molecule has 27 heavy (non-hydrogen) atoms. The van der Waals surface area contributed by atoms with Crippen molar-refractivity contribution >= 4 is 17.3 Å². The van der Waals surface area contributed by atoms with Crippen LogP contribution < -0.4 is 9.47 Å². The van der Waals surface area contributed by atoms with E-state index in [0.717, 1.165) is 60.2 Å². The summed E-state index contributed by atoms with van der Waals surface area (Å²) < 4.78 is 10.8. The standard InChI is InChI=1S/C19H23N3O4S/c1-21(10-18(23)24)15-4-6-22(7-5-15)9-14-11-27-19(20-14)13-2-3-16-17(8-13)26-12-25-16/h2-3,8,11,15H,4-7,9-10,12H2,1H3,(H,23,24). The van der Waals surface area contributed by atoms with Gasteiger partial charge in [0.15, 0.2) is 11.5 Å². The molecule has 1 fully saturated rings. The molecule has 1 aromatic carbocycles. The van der Waals surface area contributed by atoms with Gasteiger partial charge >= 0.3 is 5.97 Å². The Morgan fingerprint density at radius 3 is 2.89 bits per heavy atom. The summed E-state index contributed by atoms with van der Waals surface area (Å²) in [6.07, 6.45) is 1.98. The number of nitrogens with zero attached hydrogens (tertiary/aromatic N) is 3. The smallest absolute Gasteiger partial charge is 0.317 e. The average molecular weight is 389 g/mol. The molecule has 0 saturated carbocycles. The molecule has 2 aliphatic rings. The highest BCUT2D eigenvalue weighted by molar-refractivity contribution is 7.13. The van der Waals surface area contributed by atoms with E-state index in [1.807, 2.05) is 30.1 Å². The molecule has 2 aromatic rings. The van der Waals surface area contributed by atoms with Crippen molar-refractivity contribution in [2.45, 2.75) is 25.4 Å². The van der Waals surface area contributed by atoms with Crippen LogP contribution in [-0.2, 0) is 11.3 Å². The molecule has 8 heteroatoms. The van der Waals surface area contributed by atoms with Crippen LogP contribution in [0.3, 0.4) is 0 Å². The molecule has 2 aliphatic heterocycles. The summed E-state index contributed by atoms with van der Waals surface area (Å²) >= 11 is 1.64. The molecule has 0 radical (unpaired) electrons. The lowest BCUT2D eigenvalue weighted by Crippen LogP contribution is -2.44. The summed E-state index contributed by atoms with van der Waals surface area (Å²) in [4.78, 5) is 20.0. The predicted octanol–water partition coefficient (Wildman–Crippen LogP) is 2.52. The number of aromatic nitrogens is 1. The zero-order valence-electron chi connectivity index (χ0n) is 15.3. The zero-order chi connectivity index (χ0) is 18.8. The maximum Gasteiger partial charge on any atom is 0.317 e. The van der Waals surface area contributed by atoms with Gasteiger partial charge in [-0.3, -0.25) is 14.6 Å². The number of fused-ring (bicyclic) bond motifs is 1. The highest BCUT2D eigenvalue weighted by Gasteiger charge is 2.24. The number of thiazole rings is 1.